The van der Waals surface area contributed by atoms with Crippen LogP contribution < -0.4 is 5.32 Å². The fourth-order valence-corrected chi connectivity index (χ4v) is 1.39. The number of benzene rings is 1. The number of nitrogens with one attached hydrogen (secondary N) is 1. The van der Waals surface area contributed by atoms with E-state index in [0.717, 1.165) is 5.56 Å². The maximum absolute atomic E-state index is 11.8. The van der Waals surface area contributed by atoms with Crippen LogP contribution in [0.4, 0.5) is 0 Å². The topological polar surface area (TPSA) is 66.4 Å². The SMILES string of the molecule is Cc1ccc(C(=O)NCC(C)(C)C(=O)O)cc1Cl. The summed E-state index contributed by atoms with van der Waals surface area (Å²) in [5, 5.41) is 12.0. The first-order chi connectivity index (χ1) is 8.24. The molecule has 98 valence electrons. The van der Waals surface area contributed by atoms with Crippen molar-refractivity contribution in [1.82, 2.24) is 5.32 Å². The van der Waals surface area contributed by atoms with Crippen LogP contribution in [0.25, 0.3) is 0 Å². The molecule has 1 rings (SSSR count). The Balaban J connectivity index is 2.72. The molecule has 0 radical (unpaired) electrons. The fraction of sp³-hybridized carbons (Fsp3) is 0.385. The predicted molar refractivity (Wildman–Crippen MR) is 69.9 cm³/mol. The zero-order chi connectivity index (χ0) is 13.9. The number of rotatable bonds is 4. The van der Waals surface area contributed by atoms with Crippen molar-refractivity contribution in [3.8, 4) is 0 Å². The van der Waals surface area contributed by atoms with Crippen molar-refractivity contribution in [2.24, 2.45) is 5.41 Å². The molecule has 0 spiro atoms. The number of amides is 1. The Bertz CT molecular complexity index is 483. The summed E-state index contributed by atoms with van der Waals surface area (Å²) in [5.74, 6) is -1.28. The van der Waals surface area contributed by atoms with Gasteiger partial charge >= 0.3 is 5.97 Å². The van der Waals surface area contributed by atoms with Gasteiger partial charge in [-0.2, -0.15) is 0 Å². The number of aryl methyl sites for hydroxylation is 1. The third kappa shape index (κ3) is 3.47. The maximum atomic E-state index is 11.8. The number of carbonyl (C=O) groups is 2. The molecule has 0 atom stereocenters. The molecule has 0 bridgehead atoms. The summed E-state index contributed by atoms with van der Waals surface area (Å²) in [6.07, 6.45) is 0. The van der Waals surface area contributed by atoms with Gasteiger partial charge in [0, 0.05) is 17.1 Å². The van der Waals surface area contributed by atoms with Gasteiger partial charge in [-0.1, -0.05) is 17.7 Å². The van der Waals surface area contributed by atoms with Crippen molar-refractivity contribution in [1.29, 1.82) is 0 Å². The van der Waals surface area contributed by atoms with E-state index in [1.165, 1.54) is 0 Å². The van der Waals surface area contributed by atoms with E-state index in [0.29, 0.717) is 10.6 Å². The van der Waals surface area contributed by atoms with Gasteiger partial charge in [0.2, 0.25) is 0 Å². The Morgan fingerprint density at radius 3 is 2.50 bits per heavy atom. The van der Waals surface area contributed by atoms with Gasteiger partial charge in [0.25, 0.3) is 5.91 Å². The molecule has 0 fully saturated rings. The number of halogens is 1. The van der Waals surface area contributed by atoms with Gasteiger partial charge in [0.1, 0.15) is 0 Å². The largest absolute Gasteiger partial charge is 0.481 e. The number of hydrogen-bond donors (Lipinski definition) is 2. The van der Waals surface area contributed by atoms with Crippen LogP contribution in [-0.2, 0) is 4.79 Å². The Kier molecular flexibility index (Phi) is 4.35. The van der Waals surface area contributed by atoms with Crippen LogP contribution in [0.5, 0.6) is 0 Å². The average Bonchev–Trinajstić information content (AvgIpc) is 2.29. The van der Waals surface area contributed by atoms with Crippen molar-refractivity contribution >= 4 is 23.5 Å². The molecule has 2 N–H and O–H groups in total. The lowest BCUT2D eigenvalue weighted by atomic mass is 9.94. The Labute approximate surface area is 111 Å². The standard InChI is InChI=1S/C13H16ClNO3/c1-8-4-5-9(6-10(8)14)11(16)15-7-13(2,3)12(17)18/h4-6H,7H2,1-3H3,(H,15,16)(H,17,18). The van der Waals surface area contributed by atoms with Crippen molar-refractivity contribution in [2.45, 2.75) is 20.8 Å². The summed E-state index contributed by atoms with van der Waals surface area (Å²) in [5.41, 5.74) is 0.315. The molecule has 4 nitrogen and oxygen atoms in total. The first-order valence-corrected chi connectivity index (χ1v) is 5.89. The van der Waals surface area contributed by atoms with Gasteiger partial charge in [-0.3, -0.25) is 9.59 Å². The first-order valence-electron chi connectivity index (χ1n) is 5.52. The van der Waals surface area contributed by atoms with Crippen molar-refractivity contribution in [3.63, 3.8) is 0 Å². The minimum absolute atomic E-state index is 0.0622. The number of carboxylic acids is 1. The minimum Gasteiger partial charge on any atom is -0.481 e. The second-order valence-electron chi connectivity index (χ2n) is 4.84. The highest BCUT2D eigenvalue weighted by atomic mass is 35.5. The van der Waals surface area contributed by atoms with Crippen molar-refractivity contribution < 1.29 is 14.7 Å². The van der Waals surface area contributed by atoms with Crippen LogP contribution in [0.15, 0.2) is 18.2 Å². The number of aliphatic carboxylic acids is 1. The van der Waals surface area contributed by atoms with E-state index < -0.39 is 11.4 Å². The molecule has 0 heterocycles. The molecule has 0 aliphatic heterocycles. The van der Waals surface area contributed by atoms with Crippen molar-refractivity contribution in [2.75, 3.05) is 6.54 Å². The second-order valence-corrected chi connectivity index (χ2v) is 5.24. The molecular weight excluding hydrogens is 254 g/mol. The average molecular weight is 270 g/mol. The van der Waals surface area contributed by atoms with E-state index in [1.807, 2.05) is 6.92 Å². The molecule has 0 aliphatic rings. The van der Waals surface area contributed by atoms with E-state index in [9.17, 15) is 9.59 Å². The lowest BCUT2D eigenvalue weighted by Crippen LogP contribution is -2.38. The molecule has 1 aromatic carbocycles. The quantitative estimate of drug-likeness (QED) is 0.882. The molecule has 1 amide bonds. The molecule has 0 aliphatic carbocycles. The zero-order valence-electron chi connectivity index (χ0n) is 10.6. The number of carboxylic acid groups (broad SMARTS) is 1. The van der Waals surface area contributed by atoms with Gasteiger partial charge < -0.3 is 10.4 Å². The van der Waals surface area contributed by atoms with Gasteiger partial charge in [-0.15, -0.1) is 0 Å². The summed E-state index contributed by atoms with van der Waals surface area (Å²) in [6, 6.07) is 4.98. The molecule has 0 saturated heterocycles. The summed E-state index contributed by atoms with van der Waals surface area (Å²) >= 11 is 5.92. The molecule has 0 unspecified atom stereocenters. The van der Waals surface area contributed by atoms with E-state index in [-0.39, 0.29) is 12.5 Å². The van der Waals surface area contributed by atoms with Crippen LogP contribution in [0.1, 0.15) is 29.8 Å². The number of hydrogen-bond acceptors (Lipinski definition) is 2. The number of carbonyl (C=O) groups excluding carboxylic acids is 1. The van der Waals surface area contributed by atoms with Gasteiger partial charge in [0.05, 0.1) is 5.41 Å². The van der Waals surface area contributed by atoms with Crippen molar-refractivity contribution in [3.05, 3.63) is 34.3 Å². The van der Waals surface area contributed by atoms with Gasteiger partial charge in [-0.05, 0) is 38.5 Å². The van der Waals surface area contributed by atoms with Crippen LogP contribution in [0, 0.1) is 12.3 Å². The highest BCUT2D eigenvalue weighted by Crippen LogP contribution is 2.17. The molecule has 5 heteroatoms. The summed E-state index contributed by atoms with van der Waals surface area (Å²) in [4.78, 5) is 22.7. The predicted octanol–water partition coefficient (Wildman–Crippen LogP) is 2.49. The van der Waals surface area contributed by atoms with Crippen LogP contribution in [0.2, 0.25) is 5.02 Å². The van der Waals surface area contributed by atoms with E-state index in [4.69, 9.17) is 16.7 Å². The third-order valence-electron chi connectivity index (χ3n) is 2.70. The summed E-state index contributed by atoms with van der Waals surface area (Å²) in [7, 11) is 0. The monoisotopic (exact) mass is 269 g/mol. The maximum Gasteiger partial charge on any atom is 0.310 e. The Morgan fingerprint density at radius 1 is 1.39 bits per heavy atom. The molecular formula is C13H16ClNO3. The van der Waals surface area contributed by atoms with E-state index in [1.54, 1.807) is 32.0 Å². The lowest BCUT2D eigenvalue weighted by molar-refractivity contribution is -0.146. The highest BCUT2D eigenvalue weighted by Gasteiger charge is 2.27. The van der Waals surface area contributed by atoms with E-state index in [2.05, 4.69) is 5.32 Å². The van der Waals surface area contributed by atoms with E-state index >= 15 is 0 Å². The molecule has 0 saturated carbocycles. The van der Waals surface area contributed by atoms with Crippen LogP contribution >= 0.6 is 11.6 Å². The minimum atomic E-state index is -0.996. The smallest absolute Gasteiger partial charge is 0.310 e. The molecule has 0 aromatic heterocycles. The first kappa shape index (κ1) is 14.5. The lowest BCUT2D eigenvalue weighted by Gasteiger charge is -2.19. The third-order valence-corrected chi connectivity index (χ3v) is 3.11. The highest BCUT2D eigenvalue weighted by molar-refractivity contribution is 6.31. The zero-order valence-corrected chi connectivity index (χ0v) is 11.3. The summed E-state index contributed by atoms with van der Waals surface area (Å²) in [6.45, 7) is 5.01. The van der Waals surface area contributed by atoms with Crippen LogP contribution in [-0.4, -0.2) is 23.5 Å². The normalized spacial score (nSPS) is 11.1. The Hall–Kier alpha value is -1.55. The van der Waals surface area contributed by atoms with Crippen LogP contribution in [0.3, 0.4) is 0 Å². The molecule has 18 heavy (non-hydrogen) atoms. The second kappa shape index (κ2) is 5.40. The Morgan fingerprint density at radius 2 is 2.00 bits per heavy atom. The van der Waals surface area contributed by atoms with Gasteiger partial charge in [-0.25, -0.2) is 0 Å². The summed E-state index contributed by atoms with van der Waals surface area (Å²) < 4.78 is 0. The fourth-order valence-electron chi connectivity index (χ4n) is 1.21. The van der Waals surface area contributed by atoms with Gasteiger partial charge in [0.15, 0.2) is 0 Å². The molecule has 1 aromatic rings.